The zero-order chi connectivity index (χ0) is 12.5. The summed E-state index contributed by atoms with van der Waals surface area (Å²) in [6.07, 6.45) is 0. The maximum atomic E-state index is 11.7. The summed E-state index contributed by atoms with van der Waals surface area (Å²) < 4.78 is 10.7. The average Bonchev–Trinajstić information content (AvgIpc) is 2.85. The summed E-state index contributed by atoms with van der Waals surface area (Å²) in [6, 6.07) is 5.95. The van der Waals surface area contributed by atoms with Crippen LogP contribution in [0.2, 0.25) is 0 Å². The zero-order valence-corrected chi connectivity index (χ0v) is 10.3. The Morgan fingerprint density at radius 2 is 2.22 bits per heavy atom. The molecule has 2 aliphatic heterocycles. The van der Waals surface area contributed by atoms with Crippen molar-refractivity contribution >= 4 is 5.91 Å². The lowest BCUT2D eigenvalue weighted by Gasteiger charge is -2.35. The number of ether oxygens (including phenoxy) is 2. The van der Waals surface area contributed by atoms with E-state index < -0.39 is 0 Å². The molecule has 0 spiro atoms. The molecule has 0 saturated carbocycles. The van der Waals surface area contributed by atoms with Gasteiger partial charge in [-0.2, -0.15) is 0 Å². The molecule has 1 saturated heterocycles. The molecule has 96 valence electrons. The number of piperazine rings is 1. The number of benzene rings is 1. The van der Waals surface area contributed by atoms with Crippen molar-refractivity contribution in [2.75, 3.05) is 26.4 Å². The first-order valence-electron chi connectivity index (χ1n) is 6.13. The van der Waals surface area contributed by atoms with Gasteiger partial charge in [0.1, 0.15) is 0 Å². The Labute approximate surface area is 106 Å². The predicted molar refractivity (Wildman–Crippen MR) is 65.6 cm³/mol. The third-order valence-corrected chi connectivity index (χ3v) is 3.43. The third kappa shape index (κ3) is 1.90. The number of carbonyl (C=O) groups excluding carboxylic acids is 1. The minimum atomic E-state index is 0.0748. The predicted octanol–water partition coefficient (Wildman–Crippen LogP) is 0.908. The van der Waals surface area contributed by atoms with E-state index in [4.69, 9.17) is 9.47 Å². The van der Waals surface area contributed by atoms with Crippen LogP contribution in [0.3, 0.4) is 0 Å². The number of nitrogens with zero attached hydrogens (tertiary/aromatic N) is 1. The second kappa shape index (κ2) is 4.49. The fourth-order valence-electron chi connectivity index (χ4n) is 2.50. The highest BCUT2D eigenvalue weighted by Crippen LogP contribution is 2.35. The molecule has 3 rings (SSSR count). The second-order valence-electron chi connectivity index (χ2n) is 4.55. The minimum Gasteiger partial charge on any atom is -0.454 e. The molecule has 1 fully saturated rings. The second-order valence-corrected chi connectivity index (χ2v) is 4.55. The monoisotopic (exact) mass is 248 g/mol. The van der Waals surface area contributed by atoms with Crippen molar-refractivity contribution < 1.29 is 14.3 Å². The van der Waals surface area contributed by atoms with E-state index in [-0.39, 0.29) is 18.7 Å². The Kier molecular flexibility index (Phi) is 2.83. The largest absolute Gasteiger partial charge is 0.454 e. The number of rotatable bonds is 1. The van der Waals surface area contributed by atoms with Crippen molar-refractivity contribution in [2.45, 2.75) is 13.0 Å². The first kappa shape index (κ1) is 11.3. The summed E-state index contributed by atoms with van der Waals surface area (Å²) >= 11 is 0. The summed E-state index contributed by atoms with van der Waals surface area (Å²) in [7, 11) is 0. The molecule has 5 heteroatoms. The molecule has 5 nitrogen and oxygen atoms in total. The van der Waals surface area contributed by atoms with Gasteiger partial charge in [0, 0.05) is 26.6 Å². The van der Waals surface area contributed by atoms with Gasteiger partial charge in [0.2, 0.25) is 12.7 Å². The lowest BCUT2D eigenvalue weighted by molar-refractivity contribution is -0.132. The molecule has 1 aromatic rings. The van der Waals surface area contributed by atoms with Crippen LogP contribution in [0, 0.1) is 0 Å². The van der Waals surface area contributed by atoms with Gasteiger partial charge in [0.15, 0.2) is 11.5 Å². The number of carbonyl (C=O) groups is 1. The van der Waals surface area contributed by atoms with Crippen LogP contribution in [0.1, 0.15) is 18.5 Å². The van der Waals surface area contributed by atoms with Gasteiger partial charge >= 0.3 is 0 Å². The molecule has 0 aromatic heterocycles. The Balaban J connectivity index is 1.90. The highest BCUT2D eigenvalue weighted by Gasteiger charge is 2.27. The van der Waals surface area contributed by atoms with Crippen LogP contribution < -0.4 is 14.8 Å². The molecule has 2 heterocycles. The Morgan fingerprint density at radius 1 is 1.39 bits per heavy atom. The van der Waals surface area contributed by atoms with Gasteiger partial charge in [-0.25, -0.2) is 0 Å². The van der Waals surface area contributed by atoms with Crippen LogP contribution in [0.4, 0.5) is 0 Å². The molecular formula is C13H16N2O3. The summed E-state index contributed by atoms with van der Waals surface area (Å²) in [4.78, 5) is 13.6. The smallest absolute Gasteiger partial charge is 0.231 e. The van der Waals surface area contributed by atoms with Gasteiger partial charge in [0.25, 0.3) is 0 Å². The summed E-state index contributed by atoms with van der Waals surface area (Å²) in [5.74, 6) is 1.65. The van der Waals surface area contributed by atoms with E-state index in [0.717, 1.165) is 36.7 Å². The number of hydrogen-bond donors (Lipinski definition) is 1. The standard InChI is InChI=1S/C13H16N2O3/c1-9(16)15-5-4-14-7-11(15)10-2-3-12-13(6-10)18-8-17-12/h2-3,6,11,14H,4-5,7-8H2,1H3. The first-order valence-corrected chi connectivity index (χ1v) is 6.13. The molecule has 0 bridgehead atoms. The molecule has 1 amide bonds. The van der Waals surface area contributed by atoms with Crippen molar-refractivity contribution in [2.24, 2.45) is 0 Å². The molecule has 0 aliphatic carbocycles. The number of hydrogen-bond acceptors (Lipinski definition) is 4. The Morgan fingerprint density at radius 3 is 3.06 bits per heavy atom. The van der Waals surface area contributed by atoms with E-state index in [2.05, 4.69) is 5.32 Å². The SMILES string of the molecule is CC(=O)N1CCNCC1c1ccc2c(c1)OCO2. The van der Waals surface area contributed by atoms with Crippen molar-refractivity contribution in [3.63, 3.8) is 0 Å². The van der Waals surface area contributed by atoms with Crippen LogP contribution in [0.15, 0.2) is 18.2 Å². The van der Waals surface area contributed by atoms with Crippen LogP contribution in [-0.2, 0) is 4.79 Å². The maximum Gasteiger partial charge on any atom is 0.231 e. The van der Waals surface area contributed by atoms with E-state index in [0.29, 0.717) is 0 Å². The van der Waals surface area contributed by atoms with Crippen LogP contribution in [0.5, 0.6) is 11.5 Å². The van der Waals surface area contributed by atoms with Crippen molar-refractivity contribution in [3.8, 4) is 11.5 Å². The van der Waals surface area contributed by atoms with E-state index in [9.17, 15) is 4.79 Å². The molecule has 1 unspecified atom stereocenters. The number of amides is 1. The van der Waals surface area contributed by atoms with Crippen molar-refractivity contribution in [3.05, 3.63) is 23.8 Å². The van der Waals surface area contributed by atoms with Crippen LogP contribution in [-0.4, -0.2) is 37.2 Å². The van der Waals surface area contributed by atoms with Crippen LogP contribution >= 0.6 is 0 Å². The minimum absolute atomic E-state index is 0.0748. The molecule has 2 aliphatic rings. The fourth-order valence-corrected chi connectivity index (χ4v) is 2.50. The third-order valence-electron chi connectivity index (χ3n) is 3.43. The van der Waals surface area contributed by atoms with Gasteiger partial charge in [-0.15, -0.1) is 0 Å². The highest BCUT2D eigenvalue weighted by atomic mass is 16.7. The van der Waals surface area contributed by atoms with Gasteiger partial charge in [-0.1, -0.05) is 6.07 Å². The van der Waals surface area contributed by atoms with E-state index >= 15 is 0 Å². The molecule has 1 atom stereocenters. The number of nitrogens with one attached hydrogen (secondary N) is 1. The van der Waals surface area contributed by atoms with Gasteiger partial charge in [0.05, 0.1) is 6.04 Å². The first-order chi connectivity index (χ1) is 8.75. The van der Waals surface area contributed by atoms with Gasteiger partial charge < -0.3 is 19.7 Å². The van der Waals surface area contributed by atoms with E-state index in [1.165, 1.54) is 0 Å². The highest BCUT2D eigenvalue weighted by molar-refractivity contribution is 5.74. The van der Waals surface area contributed by atoms with Gasteiger partial charge in [-0.05, 0) is 17.7 Å². The lowest BCUT2D eigenvalue weighted by atomic mass is 10.0. The molecule has 18 heavy (non-hydrogen) atoms. The summed E-state index contributed by atoms with van der Waals surface area (Å²) in [6.45, 7) is 4.26. The van der Waals surface area contributed by atoms with Gasteiger partial charge in [-0.3, -0.25) is 4.79 Å². The molecule has 0 radical (unpaired) electrons. The summed E-state index contributed by atoms with van der Waals surface area (Å²) in [5.41, 5.74) is 1.08. The average molecular weight is 248 g/mol. The number of fused-ring (bicyclic) bond motifs is 1. The molecular weight excluding hydrogens is 232 g/mol. The molecule has 1 aromatic carbocycles. The van der Waals surface area contributed by atoms with Crippen molar-refractivity contribution in [1.29, 1.82) is 0 Å². The quantitative estimate of drug-likeness (QED) is 0.802. The van der Waals surface area contributed by atoms with E-state index in [1.807, 2.05) is 23.1 Å². The Hall–Kier alpha value is -1.75. The normalized spacial score (nSPS) is 22.1. The summed E-state index contributed by atoms with van der Waals surface area (Å²) in [5, 5.41) is 3.32. The maximum absolute atomic E-state index is 11.7. The topological polar surface area (TPSA) is 50.8 Å². The van der Waals surface area contributed by atoms with Crippen LogP contribution in [0.25, 0.3) is 0 Å². The van der Waals surface area contributed by atoms with Crippen molar-refractivity contribution in [1.82, 2.24) is 10.2 Å². The van der Waals surface area contributed by atoms with E-state index in [1.54, 1.807) is 6.92 Å². The lowest BCUT2D eigenvalue weighted by Crippen LogP contribution is -2.47. The Bertz CT molecular complexity index is 475. The zero-order valence-electron chi connectivity index (χ0n) is 10.3. The molecule has 1 N–H and O–H groups in total. The fraction of sp³-hybridized carbons (Fsp3) is 0.462.